The van der Waals surface area contributed by atoms with Gasteiger partial charge in [0.1, 0.15) is 11.6 Å². The van der Waals surface area contributed by atoms with Gasteiger partial charge >= 0.3 is 0 Å². The Morgan fingerprint density at radius 1 is 1.19 bits per heavy atom. The minimum Gasteiger partial charge on any atom is -0.397 e. The van der Waals surface area contributed by atoms with E-state index in [4.69, 9.17) is 5.73 Å². The van der Waals surface area contributed by atoms with E-state index in [9.17, 15) is 17.2 Å². The Morgan fingerprint density at radius 2 is 1.86 bits per heavy atom. The van der Waals surface area contributed by atoms with Crippen LogP contribution >= 0.6 is 15.9 Å². The van der Waals surface area contributed by atoms with Crippen molar-refractivity contribution in [3.05, 3.63) is 57.6 Å². The number of halogens is 3. The lowest BCUT2D eigenvalue weighted by Crippen LogP contribution is -2.11. The summed E-state index contributed by atoms with van der Waals surface area (Å²) < 4.78 is 52.3. The van der Waals surface area contributed by atoms with Gasteiger partial charge in [-0.05, 0) is 46.6 Å². The average Bonchev–Trinajstić information content (AvgIpc) is 2.42. The molecule has 0 bridgehead atoms. The first-order valence-corrected chi connectivity index (χ1v) is 8.39. The van der Waals surface area contributed by atoms with Gasteiger partial charge < -0.3 is 5.73 Å². The standard InChI is InChI=1S/C14H12BrF2NO2S/c1-8-3-2-4-12(14(8)18)21(19,20)7-9-11(16)6-5-10(15)13(9)17/h2-6H,7,18H2,1H3. The lowest BCUT2D eigenvalue weighted by molar-refractivity contribution is 0.552. The summed E-state index contributed by atoms with van der Waals surface area (Å²) in [7, 11) is -3.95. The van der Waals surface area contributed by atoms with E-state index in [-0.39, 0.29) is 15.1 Å². The second-order valence-electron chi connectivity index (χ2n) is 4.57. The molecule has 0 aliphatic heterocycles. The highest BCUT2D eigenvalue weighted by molar-refractivity contribution is 9.10. The summed E-state index contributed by atoms with van der Waals surface area (Å²) in [5, 5.41) is 0. The lowest BCUT2D eigenvalue weighted by atomic mass is 10.2. The normalized spacial score (nSPS) is 11.6. The zero-order valence-corrected chi connectivity index (χ0v) is 13.4. The molecular weight excluding hydrogens is 364 g/mol. The number of aryl methyl sites for hydroxylation is 1. The molecule has 0 radical (unpaired) electrons. The average molecular weight is 376 g/mol. The Kier molecular flexibility index (Phi) is 4.34. The van der Waals surface area contributed by atoms with Gasteiger partial charge in [0, 0.05) is 5.56 Å². The van der Waals surface area contributed by atoms with Crippen molar-refractivity contribution in [1.29, 1.82) is 0 Å². The fourth-order valence-corrected chi connectivity index (χ4v) is 3.85. The van der Waals surface area contributed by atoms with Crippen LogP contribution in [-0.2, 0) is 15.6 Å². The molecule has 21 heavy (non-hydrogen) atoms. The number of nitrogen functional groups attached to an aromatic ring is 1. The molecular formula is C14H12BrF2NO2S. The minimum absolute atomic E-state index is 0.00585. The van der Waals surface area contributed by atoms with Crippen molar-refractivity contribution in [1.82, 2.24) is 0 Å². The number of benzene rings is 2. The number of hydrogen-bond acceptors (Lipinski definition) is 3. The van der Waals surface area contributed by atoms with E-state index < -0.39 is 32.8 Å². The monoisotopic (exact) mass is 375 g/mol. The zero-order valence-electron chi connectivity index (χ0n) is 11.0. The Balaban J connectivity index is 2.53. The second kappa shape index (κ2) is 5.73. The SMILES string of the molecule is Cc1cccc(S(=O)(=O)Cc2c(F)ccc(Br)c2F)c1N. The van der Waals surface area contributed by atoms with Gasteiger partial charge in [0.2, 0.25) is 0 Å². The highest BCUT2D eigenvalue weighted by Crippen LogP contribution is 2.28. The topological polar surface area (TPSA) is 60.2 Å². The molecule has 0 amide bonds. The van der Waals surface area contributed by atoms with E-state index >= 15 is 0 Å². The van der Waals surface area contributed by atoms with Crippen molar-refractivity contribution in [3.63, 3.8) is 0 Å². The van der Waals surface area contributed by atoms with E-state index in [0.29, 0.717) is 5.56 Å². The van der Waals surface area contributed by atoms with Crippen LogP contribution in [0, 0.1) is 18.6 Å². The van der Waals surface area contributed by atoms with Crippen LogP contribution in [0.15, 0.2) is 39.7 Å². The molecule has 0 atom stereocenters. The number of hydrogen-bond donors (Lipinski definition) is 1. The van der Waals surface area contributed by atoms with Gasteiger partial charge in [0.05, 0.1) is 20.8 Å². The third-order valence-corrected chi connectivity index (χ3v) is 5.40. The molecule has 0 fully saturated rings. The first kappa shape index (κ1) is 15.9. The Hall–Kier alpha value is -1.47. The van der Waals surface area contributed by atoms with E-state index in [2.05, 4.69) is 15.9 Å². The molecule has 0 heterocycles. The summed E-state index contributed by atoms with van der Waals surface area (Å²) in [6.45, 7) is 1.66. The summed E-state index contributed by atoms with van der Waals surface area (Å²) in [5.41, 5.74) is 5.92. The van der Waals surface area contributed by atoms with Crippen molar-refractivity contribution < 1.29 is 17.2 Å². The molecule has 3 nitrogen and oxygen atoms in total. The van der Waals surface area contributed by atoms with Gasteiger partial charge in [0.25, 0.3) is 0 Å². The first-order valence-electron chi connectivity index (χ1n) is 5.94. The fraction of sp³-hybridized carbons (Fsp3) is 0.143. The molecule has 0 saturated heterocycles. The molecule has 112 valence electrons. The van der Waals surface area contributed by atoms with Crippen molar-refractivity contribution in [2.75, 3.05) is 5.73 Å². The van der Waals surface area contributed by atoms with Gasteiger partial charge in [0.15, 0.2) is 9.84 Å². The van der Waals surface area contributed by atoms with Crippen LogP contribution in [0.4, 0.5) is 14.5 Å². The number of anilines is 1. The third kappa shape index (κ3) is 3.08. The molecule has 0 spiro atoms. The lowest BCUT2D eigenvalue weighted by Gasteiger charge is -2.11. The minimum atomic E-state index is -3.95. The number of nitrogens with two attached hydrogens (primary N) is 1. The number of para-hydroxylation sites is 1. The molecule has 0 saturated carbocycles. The summed E-state index contributed by atoms with van der Waals surface area (Å²) in [6.07, 6.45) is 0. The summed E-state index contributed by atoms with van der Waals surface area (Å²) >= 11 is 2.91. The van der Waals surface area contributed by atoms with Crippen LogP contribution in [0.5, 0.6) is 0 Å². The van der Waals surface area contributed by atoms with Crippen LogP contribution in [0.1, 0.15) is 11.1 Å². The smallest absolute Gasteiger partial charge is 0.184 e. The maximum absolute atomic E-state index is 13.9. The van der Waals surface area contributed by atoms with Crippen LogP contribution in [0.3, 0.4) is 0 Å². The Bertz CT molecular complexity index is 807. The van der Waals surface area contributed by atoms with E-state index in [1.165, 1.54) is 18.2 Å². The van der Waals surface area contributed by atoms with Crippen LogP contribution in [-0.4, -0.2) is 8.42 Å². The molecule has 2 rings (SSSR count). The molecule has 7 heteroatoms. The number of rotatable bonds is 3. The molecule has 0 aromatic heterocycles. The quantitative estimate of drug-likeness (QED) is 0.658. The van der Waals surface area contributed by atoms with Crippen molar-refractivity contribution in [2.45, 2.75) is 17.6 Å². The van der Waals surface area contributed by atoms with Gasteiger partial charge in [-0.25, -0.2) is 17.2 Å². The molecule has 0 aliphatic carbocycles. The van der Waals surface area contributed by atoms with Gasteiger partial charge in [-0.15, -0.1) is 0 Å². The maximum Gasteiger partial charge on any atom is 0.184 e. The maximum atomic E-state index is 13.9. The fourth-order valence-electron chi connectivity index (χ4n) is 1.89. The summed E-state index contributed by atoms with van der Waals surface area (Å²) in [6, 6.07) is 6.71. The highest BCUT2D eigenvalue weighted by Gasteiger charge is 2.24. The van der Waals surface area contributed by atoms with E-state index in [1.807, 2.05) is 0 Å². The molecule has 0 unspecified atom stereocenters. The predicted octanol–water partition coefficient (Wildman–Crippen LogP) is 3.59. The van der Waals surface area contributed by atoms with Gasteiger partial charge in [-0.2, -0.15) is 0 Å². The van der Waals surface area contributed by atoms with Gasteiger partial charge in [-0.3, -0.25) is 0 Å². The largest absolute Gasteiger partial charge is 0.397 e. The van der Waals surface area contributed by atoms with Crippen LogP contribution < -0.4 is 5.73 Å². The highest BCUT2D eigenvalue weighted by atomic mass is 79.9. The van der Waals surface area contributed by atoms with Gasteiger partial charge in [-0.1, -0.05) is 12.1 Å². The molecule has 2 aromatic rings. The van der Waals surface area contributed by atoms with Crippen molar-refractivity contribution in [3.8, 4) is 0 Å². The first-order chi connectivity index (χ1) is 9.74. The number of sulfone groups is 1. The van der Waals surface area contributed by atoms with Crippen LogP contribution in [0.25, 0.3) is 0 Å². The van der Waals surface area contributed by atoms with Crippen molar-refractivity contribution in [2.24, 2.45) is 0 Å². The van der Waals surface area contributed by atoms with Crippen LogP contribution in [0.2, 0.25) is 0 Å². The van der Waals surface area contributed by atoms with E-state index in [1.54, 1.807) is 13.0 Å². The molecule has 2 aromatic carbocycles. The van der Waals surface area contributed by atoms with Crippen molar-refractivity contribution >= 4 is 31.5 Å². The molecule has 2 N–H and O–H groups in total. The zero-order chi connectivity index (χ0) is 15.8. The summed E-state index contributed by atoms with van der Waals surface area (Å²) in [4.78, 5) is -0.124. The summed E-state index contributed by atoms with van der Waals surface area (Å²) in [5.74, 6) is -2.63. The second-order valence-corrected chi connectivity index (χ2v) is 7.38. The molecule has 0 aliphatic rings. The Labute approximate surface area is 129 Å². The Morgan fingerprint density at radius 3 is 2.52 bits per heavy atom. The third-order valence-electron chi connectivity index (χ3n) is 3.09. The van der Waals surface area contributed by atoms with E-state index in [0.717, 1.165) is 6.07 Å². The predicted molar refractivity (Wildman–Crippen MR) is 80.5 cm³/mol.